The van der Waals surface area contributed by atoms with Crippen LogP contribution < -0.4 is 16.4 Å². The van der Waals surface area contributed by atoms with E-state index in [9.17, 15) is 9.59 Å². The highest BCUT2D eigenvalue weighted by Crippen LogP contribution is 2.17. The summed E-state index contributed by atoms with van der Waals surface area (Å²) in [5, 5.41) is 6.06. The predicted octanol–water partition coefficient (Wildman–Crippen LogP) is 0.411. The zero-order valence-electron chi connectivity index (χ0n) is 11.4. The third kappa shape index (κ3) is 3.79. The fourth-order valence-electron chi connectivity index (χ4n) is 2.13. The lowest BCUT2D eigenvalue weighted by atomic mass is 10.1. The van der Waals surface area contributed by atoms with Crippen LogP contribution in [0.2, 0.25) is 0 Å². The Morgan fingerprint density at radius 2 is 2.30 bits per heavy atom. The molecule has 2 rings (SSSR count). The number of carbonyl (C=O) groups excluding carboxylic acids is 2. The number of ether oxygens (including phenoxy) is 1. The molecule has 0 spiro atoms. The molecule has 0 radical (unpaired) electrons. The van der Waals surface area contributed by atoms with E-state index in [1.54, 1.807) is 18.2 Å². The highest BCUT2D eigenvalue weighted by molar-refractivity contribution is 5.95. The lowest BCUT2D eigenvalue weighted by Crippen LogP contribution is -2.43. The highest BCUT2D eigenvalue weighted by atomic mass is 16.5. The Kier molecular flexibility index (Phi) is 4.70. The van der Waals surface area contributed by atoms with Gasteiger partial charge in [0.05, 0.1) is 13.2 Å². The normalized spacial score (nSPS) is 18.6. The second-order valence-electron chi connectivity index (χ2n) is 4.87. The van der Waals surface area contributed by atoms with E-state index >= 15 is 0 Å². The number of morpholine rings is 1. The number of benzene rings is 1. The highest BCUT2D eigenvalue weighted by Gasteiger charge is 2.17. The van der Waals surface area contributed by atoms with Crippen LogP contribution in [0.4, 0.5) is 5.69 Å². The second-order valence-corrected chi connectivity index (χ2v) is 4.87. The van der Waals surface area contributed by atoms with Gasteiger partial charge in [-0.2, -0.15) is 0 Å². The third-order valence-corrected chi connectivity index (χ3v) is 3.22. The van der Waals surface area contributed by atoms with Crippen molar-refractivity contribution in [1.82, 2.24) is 5.32 Å². The smallest absolute Gasteiger partial charge is 0.248 e. The second kappa shape index (κ2) is 6.49. The van der Waals surface area contributed by atoms with Crippen molar-refractivity contribution in [3.05, 3.63) is 29.3 Å². The van der Waals surface area contributed by atoms with Gasteiger partial charge in [-0.1, -0.05) is 0 Å². The molecule has 2 amide bonds. The molecule has 4 N–H and O–H groups in total. The Hall–Kier alpha value is -1.92. The number of amides is 2. The van der Waals surface area contributed by atoms with Gasteiger partial charge in [0, 0.05) is 30.3 Å². The largest absolute Gasteiger partial charge is 0.378 e. The molecule has 6 heteroatoms. The Bertz CT molecular complexity index is 510. The van der Waals surface area contributed by atoms with E-state index < -0.39 is 5.91 Å². The Balaban J connectivity index is 1.95. The first-order valence-corrected chi connectivity index (χ1v) is 6.57. The van der Waals surface area contributed by atoms with Crippen molar-refractivity contribution in [2.75, 3.05) is 25.1 Å². The minimum atomic E-state index is -0.477. The summed E-state index contributed by atoms with van der Waals surface area (Å²) >= 11 is 0. The SMILES string of the molecule is Cc1cc(C(N)=O)ccc1NC(=O)CC1COCCN1. The van der Waals surface area contributed by atoms with Crippen LogP contribution in [0.1, 0.15) is 22.3 Å². The molecule has 1 atom stereocenters. The third-order valence-electron chi connectivity index (χ3n) is 3.22. The molecular formula is C14H19N3O3. The first kappa shape index (κ1) is 14.5. The van der Waals surface area contributed by atoms with Gasteiger partial charge in [0.25, 0.3) is 0 Å². The molecule has 1 aromatic rings. The maximum atomic E-state index is 12.0. The summed E-state index contributed by atoms with van der Waals surface area (Å²) in [6.45, 7) is 3.83. The van der Waals surface area contributed by atoms with Gasteiger partial charge in [-0.15, -0.1) is 0 Å². The van der Waals surface area contributed by atoms with Gasteiger partial charge in [-0.3, -0.25) is 9.59 Å². The van der Waals surface area contributed by atoms with Gasteiger partial charge in [0.1, 0.15) is 0 Å². The predicted molar refractivity (Wildman–Crippen MR) is 75.6 cm³/mol. The van der Waals surface area contributed by atoms with Crippen molar-refractivity contribution in [1.29, 1.82) is 0 Å². The van der Waals surface area contributed by atoms with Gasteiger partial charge in [0.15, 0.2) is 0 Å². The van der Waals surface area contributed by atoms with Gasteiger partial charge in [-0.25, -0.2) is 0 Å². The van der Waals surface area contributed by atoms with E-state index in [0.29, 0.717) is 30.9 Å². The summed E-state index contributed by atoms with van der Waals surface area (Å²) in [5.41, 5.74) is 7.14. The van der Waals surface area contributed by atoms with Crippen molar-refractivity contribution in [3.63, 3.8) is 0 Å². The average Bonchev–Trinajstić information content (AvgIpc) is 2.42. The molecule has 20 heavy (non-hydrogen) atoms. The Morgan fingerprint density at radius 3 is 2.90 bits per heavy atom. The molecule has 0 bridgehead atoms. The molecule has 0 aliphatic carbocycles. The van der Waals surface area contributed by atoms with Gasteiger partial charge >= 0.3 is 0 Å². The summed E-state index contributed by atoms with van der Waals surface area (Å²) < 4.78 is 5.31. The number of primary amides is 1. The van der Waals surface area contributed by atoms with Crippen molar-refractivity contribution in [2.45, 2.75) is 19.4 Å². The van der Waals surface area contributed by atoms with Crippen molar-refractivity contribution < 1.29 is 14.3 Å². The van der Waals surface area contributed by atoms with Crippen LogP contribution in [-0.2, 0) is 9.53 Å². The van der Waals surface area contributed by atoms with Gasteiger partial charge in [-0.05, 0) is 30.7 Å². The topological polar surface area (TPSA) is 93.5 Å². The van der Waals surface area contributed by atoms with Gasteiger partial charge < -0.3 is 21.1 Å². The summed E-state index contributed by atoms with van der Waals surface area (Å²) in [6, 6.07) is 5.01. The molecule has 0 aromatic heterocycles. The first-order chi connectivity index (χ1) is 9.56. The zero-order valence-corrected chi connectivity index (χ0v) is 11.4. The molecule has 1 fully saturated rings. The number of aryl methyl sites for hydroxylation is 1. The van der Waals surface area contributed by atoms with E-state index in [1.807, 2.05) is 6.92 Å². The fraction of sp³-hybridized carbons (Fsp3) is 0.429. The minimum absolute atomic E-state index is 0.0500. The van der Waals surface area contributed by atoms with E-state index in [-0.39, 0.29) is 11.9 Å². The van der Waals surface area contributed by atoms with Crippen LogP contribution in [0.5, 0.6) is 0 Å². The maximum Gasteiger partial charge on any atom is 0.248 e. The summed E-state index contributed by atoms with van der Waals surface area (Å²) in [4.78, 5) is 23.0. The summed E-state index contributed by atoms with van der Waals surface area (Å²) in [6.07, 6.45) is 0.358. The fourth-order valence-corrected chi connectivity index (χ4v) is 2.13. The number of rotatable bonds is 4. The van der Waals surface area contributed by atoms with Crippen LogP contribution >= 0.6 is 0 Å². The van der Waals surface area contributed by atoms with Crippen molar-refractivity contribution in [3.8, 4) is 0 Å². The molecule has 1 heterocycles. The Labute approximate surface area is 117 Å². The maximum absolute atomic E-state index is 12.0. The van der Waals surface area contributed by atoms with E-state index in [0.717, 1.165) is 12.1 Å². The standard InChI is InChI=1S/C14H19N3O3/c1-9-6-10(14(15)19)2-3-12(9)17-13(18)7-11-8-20-5-4-16-11/h2-3,6,11,16H,4-5,7-8H2,1H3,(H2,15,19)(H,17,18). The van der Waals surface area contributed by atoms with Crippen LogP contribution in [0.3, 0.4) is 0 Å². The molecule has 1 unspecified atom stereocenters. The number of hydrogen-bond donors (Lipinski definition) is 3. The number of anilines is 1. The van der Waals surface area contributed by atoms with E-state index in [1.165, 1.54) is 0 Å². The summed E-state index contributed by atoms with van der Waals surface area (Å²) in [5.74, 6) is -0.558. The molecule has 108 valence electrons. The lowest BCUT2D eigenvalue weighted by Gasteiger charge is -2.23. The van der Waals surface area contributed by atoms with Crippen LogP contribution in [-0.4, -0.2) is 37.6 Å². The molecule has 1 aromatic carbocycles. The van der Waals surface area contributed by atoms with Crippen LogP contribution in [0.15, 0.2) is 18.2 Å². The van der Waals surface area contributed by atoms with Crippen molar-refractivity contribution >= 4 is 17.5 Å². The molecular weight excluding hydrogens is 258 g/mol. The molecule has 1 aliphatic rings. The number of carbonyl (C=O) groups is 2. The van der Waals surface area contributed by atoms with Crippen LogP contribution in [0.25, 0.3) is 0 Å². The van der Waals surface area contributed by atoms with Gasteiger partial charge in [0.2, 0.25) is 11.8 Å². The minimum Gasteiger partial charge on any atom is -0.378 e. The Morgan fingerprint density at radius 1 is 1.50 bits per heavy atom. The quantitative estimate of drug-likeness (QED) is 0.743. The summed E-state index contributed by atoms with van der Waals surface area (Å²) in [7, 11) is 0. The molecule has 0 saturated carbocycles. The number of hydrogen-bond acceptors (Lipinski definition) is 4. The van der Waals surface area contributed by atoms with Crippen molar-refractivity contribution in [2.24, 2.45) is 5.73 Å². The van der Waals surface area contributed by atoms with Crippen LogP contribution in [0, 0.1) is 6.92 Å². The zero-order chi connectivity index (χ0) is 14.5. The molecule has 1 aliphatic heterocycles. The monoisotopic (exact) mass is 277 g/mol. The number of nitrogens with two attached hydrogens (primary N) is 1. The van der Waals surface area contributed by atoms with E-state index in [2.05, 4.69) is 10.6 Å². The first-order valence-electron chi connectivity index (χ1n) is 6.57. The molecule has 6 nitrogen and oxygen atoms in total. The molecule has 1 saturated heterocycles. The van der Waals surface area contributed by atoms with E-state index in [4.69, 9.17) is 10.5 Å². The average molecular weight is 277 g/mol. The number of nitrogens with one attached hydrogen (secondary N) is 2. The lowest BCUT2D eigenvalue weighted by molar-refractivity contribution is -0.117.